The van der Waals surface area contributed by atoms with Crippen molar-refractivity contribution in [1.82, 2.24) is 9.55 Å². The summed E-state index contributed by atoms with van der Waals surface area (Å²) in [6, 6.07) is 12.9. The van der Waals surface area contributed by atoms with E-state index in [0.29, 0.717) is 16.1 Å². The van der Waals surface area contributed by atoms with Crippen LogP contribution in [0, 0.1) is 0 Å². The number of imidazole rings is 1. The van der Waals surface area contributed by atoms with Crippen LogP contribution in [-0.2, 0) is 33.4 Å². The molecule has 0 aliphatic rings. The van der Waals surface area contributed by atoms with Gasteiger partial charge in [0.05, 0.1) is 11.0 Å². The van der Waals surface area contributed by atoms with Crippen LogP contribution in [0.5, 0.6) is 0 Å². The van der Waals surface area contributed by atoms with Crippen molar-refractivity contribution >= 4 is 36.2 Å². The SMILES string of the molecule is NC(Cc1nc2cc(Cl)ccc2n1CP(=O)(O)O)C(=O)OCc1ccccc1. The molecule has 0 aliphatic carbocycles. The predicted molar refractivity (Wildman–Crippen MR) is 105 cm³/mol. The fourth-order valence-electron chi connectivity index (χ4n) is 2.77. The summed E-state index contributed by atoms with van der Waals surface area (Å²) in [5, 5.41) is 0.437. The van der Waals surface area contributed by atoms with Gasteiger partial charge < -0.3 is 24.8 Å². The Hall–Kier alpha value is -2.22. The molecule has 3 aromatic rings. The van der Waals surface area contributed by atoms with E-state index in [0.717, 1.165) is 5.56 Å². The zero-order valence-corrected chi connectivity index (χ0v) is 16.4. The minimum absolute atomic E-state index is 0.0417. The summed E-state index contributed by atoms with van der Waals surface area (Å²) in [5.74, 6) is -0.360. The van der Waals surface area contributed by atoms with E-state index in [1.807, 2.05) is 30.3 Å². The maximum Gasteiger partial charge on any atom is 0.345 e. The van der Waals surface area contributed by atoms with Gasteiger partial charge in [-0.3, -0.25) is 9.36 Å². The Morgan fingerprint density at radius 1 is 1.25 bits per heavy atom. The molecule has 148 valence electrons. The van der Waals surface area contributed by atoms with E-state index in [1.54, 1.807) is 18.2 Å². The van der Waals surface area contributed by atoms with Gasteiger partial charge in [0.1, 0.15) is 24.8 Å². The van der Waals surface area contributed by atoms with Crippen LogP contribution in [0.25, 0.3) is 11.0 Å². The van der Waals surface area contributed by atoms with E-state index >= 15 is 0 Å². The summed E-state index contributed by atoms with van der Waals surface area (Å²) in [4.78, 5) is 35.4. The van der Waals surface area contributed by atoms with Crippen molar-refractivity contribution in [2.24, 2.45) is 5.73 Å². The maximum atomic E-state index is 12.2. The van der Waals surface area contributed by atoms with Crippen molar-refractivity contribution in [2.45, 2.75) is 25.4 Å². The van der Waals surface area contributed by atoms with Gasteiger partial charge in [-0.1, -0.05) is 41.9 Å². The number of fused-ring (bicyclic) bond motifs is 1. The molecule has 1 aromatic heterocycles. The van der Waals surface area contributed by atoms with E-state index in [2.05, 4.69) is 4.98 Å². The van der Waals surface area contributed by atoms with Crippen LogP contribution in [0.15, 0.2) is 48.5 Å². The van der Waals surface area contributed by atoms with E-state index in [-0.39, 0.29) is 18.9 Å². The molecular weight excluding hydrogens is 405 g/mol. The Morgan fingerprint density at radius 3 is 2.64 bits per heavy atom. The lowest BCUT2D eigenvalue weighted by Crippen LogP contribution is -2.35. The molecule has 0 saturated heterocycles. The number of hydrogen-bond acceptors (Lipinski definition) is 5. The third kappa shape index (κ3) is 5.19. The molecule has 0 radical (unpaired) electrons. The van der Waals surface area contributed by atoms with E-state index in [1.165, 1.54) is 4.57 Å². The summed E-state index contributed by atoms with van der Waals surface area (Å²) in [6.07, 6.45) is -0.619. The van der Waals surface area contributed by atoms with Gasteiger partial charge in [0.15, 0.2) is 0 Å². The monoisotopic (exact) mass is 423 g/mol. The van der Waals surface area contributed by atoms with Crippen LogP contribution in [0.4, 0.5) is 0 Å². The van der Waals surface area contributed by atoms with Crippen LogP contribution < -0.4 is 5.73 Å². The van der Waals surface area contributed by atoms with Gasteiger partial charge in [-0.05, 0) is 23.8 Å². The molecule has 0 saturated carbocycles. The number of rotatable bonds is 7. The summed E-state index contributed by atoms with van der Waals surface area (Å²) in [7, 11) is -4.38. The maximum absolute atomic E-state index is 12.2. The number of carbonyl (C=O) groups excluding carboxylic acids is 1. The van der Waals surface area contributed by atoms with Gasteiger partial charge in [-0.2, -0.15) is 0 Å². The smallest absolute Gasteiger partial charge is 0.345 e. The molecule has 2 aromatic carbocycles. The molecule has 28 heavy (non-hydrogen) atoms. The third-order valence-corrected chi connectivity index (χ3v) is 4.93. The fourth-order valence-corrected chi connectivity index (χ4v) is 3.62. The fraction of sp³-hybridized carbons (Fsp3) is 0.222. The van der Waals surface area contributed by atoms with Crippen molar-refractivity contribution in [2.75, 3.05) is 0 Å². The Balaban J connectivity index is 1.79. The van der Waals surface area contributed by atoms with Crippen molar-refractivity contribution in [3.8, 4) is 0 Å². The van der Waals surface area contributed by atoms with Gasteiger partial charge in [-0.15, -0.1) is 0 Å². The Kier molecular flexibility index (Phi) is 6.17. The van der Waals surface area contributed by atoms with Gasteiger partial charge in [-0.25, -0.2) is 4.98 Å². The van der Waals surface area contributed by atoms with Crippen molar-refractivity contribution in [3.05, 3.63) is 64.9 Å². The molecular formula is C18H19ClN3O5P. The van der Waals surface area contributed by atoms with Gasteiger partial charge in [0.25, 0.3) is 0 Å². The molecule has 1 unspecified atom stereocenters. The molecule has 10 heteroatoms. The number of aromatic nitrogens is 2. The zero-order valence-electron chi connectivity index (χ0n) is 14.7. The first-order valence-corrected chi connectivity index (χ1v) is 10.6. The summed E-state index contributed by atoms with van der Waals surface area (Å²) in [5.41, 5.74) is 7.73. The van der Waals surface area contributed by atoms with E-state index < -0.39 is 25.9 Å². The van der Waals surface area contributed by atoms with Gasteiger partial charge in [0.2, 0.25) is 0 Å². The standard InChI is InChI=1S/C18H19ClN3O5P/c19-13-6-7-16-15(8-13)21-17(22(16)11-28(24,25)26)9-14(20)18(23)27-10-12-4-2-1-3-5-12/h1-8,14H,9-11,20H2,(H2,24,25,26). The number of hydrogen-bond donors (Lipinski definition) is 3. The van der Waals surface area contributed by atoms with Crippen LogP contribution in [-0.4, -0.2) is 31.3 Å². The largest absolute Gasteiger partial charge is 0.460 e. The number of halogens is 1. The average molecular weight is 424 g/mol. The third-order valence-electron chi connectivity index (χ3n) is 4.04. The first-order valence-electron chi connectivity index (χ1n) is 8.38. The molecule has 0 amide bonds. The lowest BCUT2D eigenvalue weighted by Gasteiger charge is -2.14. The van der Waals surface area contributed by atoms with Gasteiger partial charge in [0, 0.05) is 11.4 Å². The highest BCUT2D eigenvalue weighted by atomic mass is 35.5. The molecule has 0 aliphatic heterocycles. The van der Waals surface area contributed by atoms with Crippen LogP contribution in [0.1, 0.15) is 11.4 Å². The number of nitrogens with two attached hydrogens (primary N) is 1. The summed E-state index contributed by atoms with van der Waals surface area (Å²) >= 11 is 5.97. The molecule has 1 heterocycles. The normalized spacial score (nSPS) is 12.9. The number of benzene rings is 2. The number of carbonyl (C=O) groups is 1. The molecule has 0 bridgehead atoms. The molecule has 3 rings (SSSR count). The Labute approximate surface area is 166 Å². The predicted octanol–water partition coefficient (Wildman–Crippen LogP) is 2.44. The van der Waals surface area contributed by atoms with Gasteiger partial charge >= 0.3 is 13.6 Å². The number of esters is 1. The Morgan fingerprint density at radius 2 is 1.96 bits per heavy atom. The highest BCUT2D eigenvalue weighted by Crippen LogP contribution is 2.38. The van der Waals surface area contributed by atoms with E-state index in [4.69, 9.17) is 22.1 Å². The second kappa shape index (κ2) is 8.43. The minimum Gasteiger partial charge on any atom is -0.460 e. The zero-order chi connectivity index (χ0) is 20.3. The first kappa shape index (κ1) is 20.5. The van der Waals surface area contributed by atoms with Crippen molar-refractivity contribution in [1.29, 1.82) is 0 Å². The average Bonchev–Trinajstić information content (AvgIpc) is 2.95. The highest BCUT2D eigenvalue weighted by molar-refractivity contribution is 7.50. The molecule has 1 atom stereocenters. The van der Waals surface area contributed by atoms with Crippen LogP contribution >= 0.6 is 19.2 Å². The summed E-state index contributed by atoms with van der Waals surface area (Å²) in [6.45, 7) is 0.0852. The van der Waals surface area contributed by atoms with E-state index in [9.17, 15) is 19.1 Å². The first-order chi connectivity index (χ1) is 13.2. The van der Waals surface area contributed by atoms with Crippen LogP contribution in [0.2, 0.25) is 5.02 Å². The van der Waals surface area contributed by atoms with Crippen LogP contribution in [0.3, 0.4) is 0 Å². The molecule has 8 nitrogen and oxygen atoms in total. The molecule has 0 fully saturated rings. The molecule has 0 spiro atoms. The number of ether oxygens (including phenoxy) is 1. The lowest BCUT2D eigenvalue weighted by molar-refractivity contribution is -0.146. The molecule has 4 N–H and O–H groups in total. The highest BCUT2D eigenvalue weighted by Gasteiger charge is 2.24. The second-order valence-corrected chi connectivity index (χ2v) is 8.35. The topological polar surface area (TPSA) is 128 Å². The lowest BCUT2D eigenvalue weighted by atomic mass is 10.2. The van der Waals surface area contributed by atoms with Crippen molar-refractivity contribution in [3.63, 3.8) is 0 Å². The second-order valence-electron chi connectivity index (χ2n) is 6.30. The van der Waals surface area contributed by atoms with Crippen molar-refractivity contribution < 1.29 is 23.9 Å². The minimum atomic E-state index is -4.38. The number of nitrogens with zero attached hydrogens (tertiary/aromatic N) is 2. The summed E-state index contributed by atoms with van der Waals surface area (Å²) < 4.78 is 18.1. The quantitative estimate of drug-likeness (QED) is 0.393. The Bertz CT molecular complexity index is 1030.